The van der Waals surface area contributed by atoms with Crippen molar-refractivity contribution in [3.63, 3.8) is 0 Å². The molecule has 3 heteroatoms. The van der Waals surface area contributed by atoms with Crippen LogP contribution in [0.1, 0.15) is 83.5 Å². The number of unbranched alkanes of at least 4 members (excludes halogenated alkanes) is 4. The minimum atomic E-state index is -0.677. The first kappa shape index (κ1) is 16.5. The number of aliphatic hydroxyl groups excluding tert-OH is 1. The molecular weight excluding hydrogens is 240 g/mol. The van der Waals surface area contributed by atoms with Crippen molar-refractivity contribution >= 4 is 5.97 Å². The van der Waals surface area contributed by atoms with Crippen molar-refractivity contribution in [1.29, 1.82) is 0 Å². The van der Waals surface area contributed by atoms with Crippen molar-refractivity contribution in [1.82, 2.24) is 0 Å². The first-order chi connectivity index (χ1) is 9.18. The predicted octanol–water partition coefficient (Wildman–Crippen LogP) is 4.13. The van der Waals surface area contributed by atoms with Gasteiger partial charge in [0.1, 0.15) is 0 Å². The van der Waals surface area contributed by atoms with E-state index in [9.17, 15) is 9.90 Å². The molecular formula is C16H30O3. The van der Waals surface area contributed by atoms with Crippen LogP contribution < -0.4 is 0 Å². The summed E-state index contributed by atoms with van der Waals surface area (Å²) in [5.74, 6) is 0.0397. The standard InChI is InChI=1S/C16H30O3/c17-15-11-7-4-6-10-14(13-15)9-5-2-1-3-8-12-16(18)19/h14-15,17H,1-13H2,(H,18,19). The monoisotopic (exact) mass is 270 g/mol. The van der Waals surface area contributed by atoms with Crippen LogP contribution in [0.3, 0.4) is 0 Å². The Morgan fingerprint density at radius 1 is 0.947 bits per heavy atom. The minimum Gasteiger partial charge on any atom is -0.481 e. The van der Waals surface area contributed by atoms with E-state index in [1.165, 1.54) is 44.9 Å². The average Bonchev–Trinajstić information content (AvgIpc) is 2.33. The molecule has 19 heavy (non-hydrogen) atoms. The summed E-state index contributed by atoms with van der Waals surface area (Å²) in [7, 11) is 0. The maximum Gasteiger partial charge on any atom is 0.303 e. The molecule has 0 aromatic carbocycles. The Bertz CT molecular complexity index is 240. The van der Waals surface area contributed by atoms with Crippen molar-refractivity contribution in [2.45, 2.75) is 89.6 Å². The third-order valence-electron chi connectivity index (χ3n) is 4.26. The highest BCUT2D eigenvalue weighted by atomic mass is 16.4. The van der Waals surface area contributed by atoms with Crippen molar-refractivity contribution in [3.05, 3.63) is 0 Å². The largest absolute Gasteiger partial charge is 0.481 e. The molecule has 0 bridgehead atoms. The Morgan fingerprint density at radius 3 is 2.42 bits per heavy atom. The summed E-state index contributed by atoms with van der Waals surface area (Å²) < 4.78 is 0. The zero-order chi connectivity index (χ0) is 13.9. The maximum atomic E-state index is 10.4. The molecule has 0 heterocycles. The summed E-state index contributed by atoms with van der Waals surface area (Å²) in [5.41, 5.74) is 0. The van der Waals surface area contributed by atoms with Crippen LogP contribution in [-0.2, 0) is 4.79 Å². The quantitative estimate of drug-likeness (QED) is 0.652. The fraction of sp³-hybridized carbons (Fsp3) is 0.938. The van der Waals surface area contributed by atoms with E-state index in [0.717, 1.165) is 32.1 Å². The van der Waals surface area contributed by atoms with Crippen LogP contribution in [0.2, 0.25) is 0 Å². The van der Waals surface area contributed by atoms with Crippen LogP contribution in [0.25, 0.3) is 0 Å². The highest BCUT2D eigenvalue weighted by Gasteiger charge is 2.16. The smallest absolute Gasteiger partial charge is 0.303 e. The van der Waals surface area contributed by atoms with Gasteiger partial charge in [0.05, 0.1) is 6.10 Å². The fourth-order valence-corrected chi connectivity index (χ4v) is 3.11. The lowest BCUT2D eigenvalue weighted by Crippen LogP contribution is -2.16. The minimum absolute atomic E-state index is 0.0686. The molecule has 3 nitrogen and oxygen atoms in total. The molecule has 0 saturated heterocycles. The number of hydrogen-bond donors (Lipinski definition) is 2. The number of rotatable bonds is 8. The molecule has 0 spiro atoms. The van der Waals surface area contributed by atoms with Gasteiger partial charge in [0.15, 0.2) is 0 Å². The maximum absolute atomic E-state index is 10.4. The lowest BCUT2D eigenvalue weighted by molar-refractivity contribution is -0.137. The third kappa shape index (κ3) is 9.04. The Kier molecular flexibility index (Phi) is 8.89. The van der Waals surface area contributed by atoms with E-state index in [2.05, 4.69) is 0 Å². The number of carboxylic acids is 1. The van der Waals surface area contributed by atoms with Crippen molar-refractivity contribution < 1.29 is 15.0 Å². The van der Waals surface area contributed by atoms with Gasteiger partial charge in [-0.1, -0.05) is 57.8 Å². The summed E-state index contributed by atoms with van der Waals surface area (Å²) >= 11 is 0. The first-order valence-corrected chi connectivity index (χ1v) is 8.08. The van der Waals surface area contributed by atoms with Crippen LogP contribution in [0.4, 0.5) is 0 Å². The summed E-state index contributed by atoms with van der Waals surface area (Å²) in [4.78, 5) is 10.4. The van der Waals surface area contributed by atoms with Gasteiger partial charge in [0.25, 0.3) is 0 Å². The molecule has 0 aliphatic heterocycles. The Hall–Kier alpha value is -0.570. The van der Waals surface area contributed by atoms with Gasteiger partial charge >= 0.3 is 5.97 Å². The molecule has 0 aromatic heterocycles. The van der Waals surface area contributed by atoms with Gasteiger partial charge in [-0.15, -0.1) is 0 Å². The second-order valence-electron chi connectivity index (χ2n) is 6.09. The summed E-state index contributed by atoms with van der Waals surface area (Å²) in [6.45, 7) is 0. The summed E-state index contributed by atoms with van der Waals surface area (Å²) in [5, 5.41) is 18.4. The van der Waals surface area contributed by atoms with Crippen LogP contribution in [0.5, 0.6) is 0 Å². The van der Waals surface area contributed by atoms with Crippen molar-refractivity contribution in [2.75, 3.05) is 0 Å². The molecule has 2 atom stereocenters. The molecule has 0 amide bonds. The summed E-state index contributed by atoms with van der Waals surface area (Å²) in [6.07, 6.45) is 14.0. The SMILES string of the molecule is O=C(O)CCCCCCCC1CCCCCC(O)C1. The Morgan fingerprint density at radius 2 is 1.63 bits per heavy atom. The van der Waals surface area contributed by atoms with Crippen LogP contribution in [-0.4, -0.2) is 22.3 Å². The van der Waals surface area contributed by atoms with Crippen LogP contribution in [0, 0.1) is 5.92 Å². The molecule has 1 saturated carbocycles. The second kappa shape index (κ2) is 10.2. The zero-order valence-corrected chi connectivity index (χ0v) is 12.1. The van der Waals surface area contributed by atoms with Crippen molar-refractivity contribution in [2.24, 2.45) is 5.92 Å². The number of hydrogen-bond acceptors (Lipinski definition) is 2. The zero-order valence-electron chi connectivity index (χ0n) is 12.1. The summed E-state index contributed by atoms with van der Waals surface area (Å²) in [6, 6.07) is 0. The van der Waals surface area contributed by atoms with E-state index in [-0.39, 0.29) is 6.10 Å². The number of carbonyl (C=O) groups is 1. The molecule has 1 aliphatic rings. The third-order valence-corrected chi connectivity index (χ3v) is 4.26. The molecule has 1 rings (SSSR count). The molecule has 112 valence electrons. The topological polar surface area (TPSA) is 57.5 Å². The van der Waals surface area contributed by atoms with E-state index in [0.29, 0.717) is 12.3 Å². The predicted molar refractivity (Wildman–Crippen MR) is 77.2 cm³/mol. The van der Waals surface area contributed by atoms with Gasteiger partial charge < -0.3 is 10.2 Å². The molecule has 1 fully saturated rings. The molecule has 2 N–H and O–H groups in total. The molecule has 1 aliphatic carbocycles. The number of carboxylic acid groups (broad SMARTS) is 1. The fourth-order valence-electron chi connectivity index (χ4n) is 3.11. The lowest BCUT2D eigenvalue weighted by atomic mass is 9.86. The highest BCUT2D eigenvalue weighted by Crippen LogP contribution is 2.27. The van der Waals surface area contributed by atoms with E-state index < -0.39 is 5.97 Å². The molecule has 0 aromatic rings. The second-order valence-corrected chi connectivity index (χ2v) is 6.09. The van der Waals surface area contributed by atoms with Gasteiger partial charge in [-0.25, -0.2) is 0 Å². The van der Waals surface area contributed by atoms with Crippen LogP contribution >= 0.6 is 0 Å². The van der Waals surface area contributed by atoms with Gasteiger partial charge in [0.2, 0.25) is 0 Å². The number of aliphatic hydroxyl groups is 1. The normalized spacial score (nSPS) is 24.7. The first-order valence-electron chi connectivity index (χ1n) is 8.08. The molecule has 0 radical (unpaired) electrons. The van der Waals surface area contributed by atoms with E-state index in [1.54, 1.807) is 0 Å². The lowest BCUT2D eigenvalue weighted by Gasteiger charge is -2.23. The van der Waals surface area contributed by atoms with Crippen LogP contribution in [0.15, 0.2) is 0 Å². The number of aliphatic carboxylic acids is 1. The molecule has 2 unspecified atom stereocenters. The van der Waals surface area contributed by atoms with Gasteiger partial charge in [-0.05, 0) is 25.2 Å². The van der Waals surface area contributed by atoms with Gasteiger partial charge in [0, 0.05) is 6.42 Å². The van der Waals surface area contributed by atoms with Crippen molar-refractivity contribution in [3.8, 4) is 0 Å². The Balaban J connectivity index is 1.99. The van der Waals surface area contributed by atoms with E-state index in [1.807, 2.05) is 0 Å². The van der Waals surface area contributed by atoms with Gasteiger partial charge in [-0.3, -0.25) is 4.79 Å². The highest BCUT2D eigenvalue weighted by molar-refractivity contribution is 5.66. The average molecular weight is 270 g/mol. The van der Waals surface area contributed by atoms with Gasteiger partial charge in [-0.2, -0.15) is 0 Å². The van der Waals surface area contributed by atoms with E-state index >= 15 is 0 Å². The Labute approximate surface area is 117 Å². The van der Waals surface area contributed by atoms with E-state index in [4.69, 9.17) is 5.11 Å².